The highest BCUT2D eigenvalue weighted by molar-refractivity contribution is 5.76. The molecule has 0 radical (unpaired) electrons. The first-order chi connectivity index (χ1) is 22.7. The Morgan fingerprint density at radius 1 is 0.681 bits per heavy atom. The van der Waals surface area contributed by atoms with Crippen LogP contribution in [0.25, 0.3) is 0 Å². The zero-order chi connectivity index (χ0) is 33.1. The van der Waals surface area contributed by atoms with Gasteiger partial charge in [0.25, 0.3) is 0 Å². The van der Waals surface area contributed by atoms with Gasteiger partial charge in [0.05, 0.1) is 23.2 Å². The number of fused-ring (bicyclic) bond motifs is 1. The minimum absolute atomic E-state index is 0.0457. The predicted octanol–water partition coefficient (Wildman–Crippen LogP) is 6.73. The number of aryl methyl sites for hydroxylation is 2. The highest BCUT2D eigenvalue weighted by Gasteiger charge is 2.51. The molecule has 4 aromatic carbocycles. The maximum Gasteiger partial charge on any atom is 0.321 e. The summed E-state index contributed by atoms with van der Waals surface area (Å²) in [5.41, 5.74) is 5.15. The number of halogens is 2. The van der Waals surface area contributed by atoms with Crippen LogP contribution >= 0.6 is 0 Å². The van der Waals surface area contributed by atoms with Crippen molar-refractivity contribution < 1.29 is 23.0 Å². The normalized spacial score (nSPS) is 20.8. The lowest BCUT2D eigenvalue weighted by Crippen LogP contribution is -2.50. The third kappa shape index (κ3) is 6.88. The molecule has 2 aliphatic rings. The molecule has 4 atom stereocenters. The van der Waals surface area contributed by atoms with Gasteiger partial charge < -0.3 is 19.3 Å². The minimum atomic E-state index is -0.633. The first-order valence-corrected chi connectivity index (χ1v) is 15.5. The van der Waals surface area contributed by atoms with Crippen molar-refractivity contribution in [2.24, 2.45) is 0 Å². The van der Waals surface area contributed by atoms with Crippen LogP contribution in [0.2, 0.25) is 0 Å². The highest BCUT2D eigenvalue weighted by Crippen LogP contribution is 2.35. The molecule has 7 nitrogen and oxygen atoms in total. The summed E-state index contributed by atoms with van der Waals surface area (Å²) in [4.78, 5) is 18.5. The van der Waals surface area contributed by atoms with E-state index in [1.807, 2.05) is 62.4 Å². The van der Waals surface area contributed by atoms with E-state index >= 15 is 4.79 Å². The molecule has 0 aliphatic carbocycles. The van der Waals surface area contributed by atoms with E-state index in [4.69, 9.17) is 9.47 Å². The number of carbonyl (C=O) groups is 1. The molecule has 0 saturated carbocycles. The molecule has 0 spiro atoms. The lowest BCUT2D eigenvalue weighted by atomic mass is 9.90. The van der Waals surface area contributed by atoms with Crippen LogP contribution < -0.4 is 0 Å². The molecule has 0 N–H and O–H groups in total. The van der Waals surface area contributed by atoms with Crippen molar-refractivity contribution in [3.63, 3.8) is 0 Å². The zero-order valence-corrected chi connectivity index (χ0v) is 26.2. The summed E-state index contributed by atoms with van der Waals surface area (Å²) in [5, 5.41) is 19.1. The smallest absolute Gasteiger partial charge is 0.321 e. The van der Waals surface area contributed by atoms with E-state index < -0.39 is 35.9 Å². The monoisotopic (exact) mass is 632 g/mol. The standard InChI is InChI=1S/C38H34F2N4O3/c1-24-5-3-7-26(13-24)17-34-36-37(47-23-46-36)35(18-27-8-4-6-25(2)14-27)44(22-29-10-12-33(40)31(16-29)20-42)38(45)43(34)21-28-9-11-32(39)30(15-28)19-41/h3-16,34-37H,17-18,21-23H2,1-2H3/t34-,35-,36+,37+/m1/s1. The molecule has 0 unspecified atom stereocenters. The topological polar surface area (TPSA) is 89.6 Å². The van der Waals surface area contributed by atoms with Crippen LogP contribution in [-0.2, 0) is 35.4 Å². The van der Waals surface area contributed by atoms with Gasteiger partial charge in [0.1, 0.15) is 42.8 Å². The fourth-order valence-corrected chi connectivity index (χ4v) is 6.74. The summed E-state index contributed by atoms with van der Waals surface area (Å²) >= 11 is 0. The second kappa shape index (κ2) is 13.7. The van der Waals surface area contributed by atoms with Gasteiger partial charge in [-0.05, 0) is 73.2 Å². The number of nitrogens with zero attached hydrogens (tertiary/aromatic N) is 4. The summed E-state index contributed by atoms with van der Waals surface area (Å²) in [6.45, 7) is 4.23. The minimum Gasteiger partial charge on any atom is -0.347 e. The van der Waals surface area contributed by atoms with Gasteiger partial charge in [-0.2, -0.15) is 10.5 Å². The second-order valence-corrected chi connectivity index (χ2v) is 12.3. The maximum atomic E-state index is 15.0. The SMILES string of the molecule is Cc1cccc(C[C@@H]2[C@@H]3OCO[C@H]3[C@@H](Cc3cccc(C)c3)N(Cc3ccc(F)c(C#N)c3)C(=O)N2Cc2ccc(F)c(C#N)c2)c1. The largest absolute Gasteiger partial charge is 0.347 e. The van der Waals surface area contributed by atoms with Gasteiger partial charge in [-0.1, -0.05) is 71.8 Å². The van der Waals surface area contributed by atoms with E-state index in [0.717, 1.165) is 22.3 Å². The molecule has 2 heterocycles. The van der Waals surface area contributed by atoms with Gasteiger partial charge in [0, 0.05) is 13.1 Å². The van der Waals surface area contributed by atoms with E-state index in [-0.39, 0.29) is 37.0 Å². The number of nitriles is 2. The second-order valence-electron chi connectivity index (χ2n) is 12.3. The number of ether oxygens (including phenoxy) is 2. The van der Waals surface area contributed by atoms with Gasteiger partial charge in [-0.15, -0.1) is 0 Å². The Morgan fingerprint density at radius 2 is 1.13 bits per heavy atom. The lowest BCUT2D eigenvalue weighted by Gasteiger charge is -2.36. The first kappa shape index (κ1) is 31.9. The van der Waals surface area contributed by atoms with Crippen molar-refractivity contribution in [3.05, 3.63) is 141 Å². The van der Waals surface area contributed by atoms with Gasteiger partial charge >= 0.3 is 6.03 Å². The van der Waals surface area contributed by atoms with E-state index in [2.05, 4.69) is 12.1 Å². The number of benzene rings is 4. The number of hydrogen-bond donors (Lipinski definition) is 0. The summed E-state index contributed by atoms with van der Waals surface area (Å²) in [7, 11) is 0. The van der Waals surface area contributed by atoms with Crippen molar-refractivity contribution >= 4 is 6.03 Å². The molecule has 9 heteroatoms. The summed E-state index contributed by atoms with van der Waals surface area (Å²) in [5.74, 6) is -1.27. The van der Waals surface area contributed by atoms with E-state index in [1.165, 1.54) is 24.3 Å². The molecule has 2 saturated heterocycles. The Bertz CT molecular complexity index is 1750. The quantitative estimate of drug-likeness (QED) is 0.215. The van der Waals surface area contributed by atoms with Gasteiger partial charge in [0.2, 0.25) is 0 Å². The summed E-state index contributed by atoms with van der Waals surface area (Å²) < 4.78 is 41.4. The van der Waals surface area contributed by atoms with Crippen LogP contribution in [0.4, 0.5) is 13.6 Å². The van der Waals surface area contributed by atoms with Crippen LogP contribution in [0.5, 0.6) is 0 Å². The predicted molar refractivity (Wildman–Crippen MR) is 171 cm³/mol. The average Bonchev–Trinajstić information content (AvgIpc) is 3.52. The van der Waals surface area contributed by atoms with E-state index in [1.54, 1.807) is 21.9 Å². The van der Waals surface area contributed by atoms with Crippen LogP contribution in [0.3, 0.4) is 0 Å². The van der Waals surface area contributed by atoms with Gasteiger partial charge in [0.15, 0.2) is 0 Å². The van der Waals surface area contributed by atoms with Crippen molar-refractivity contribution in [1.82, 2.24) is 9.80 Å². The fourth-order valence-electron chi connectivity index (χ4n) is 6.74. The number of rotatable bonds is 8. The molecular formula is C38H34F2N4O3. The molecule has 238 valence electrons. The van der Waals surface area contributed by atoms with Crippen molar-refractivity contribution in [2.45, 2.75) is 64.1 Å². The molecule has 4 aromatic rings. The summed E-state index contributed by atoms with van der Waals surface area (Å²) in [6, 6.07) is 27.2. The third-order valence-electron chi connectivity index (χ3n) is 8.96. The zero-order valence-electron chi connectivity index (χ0n) is 26.2. The van der Waals surface area contributed by atoms with Crippen molar-refractivity contribution in [1.29, 1.82) is 10.5 Å². The van der Waals surface area contributed by atoms with E-state index in [9.17, 15) is 19.3 Å². The Kier molecular flexibility index (Phi) is 9.31. The maximum absolute atomic E-state index is 15.0. The Morgan fingerprint density at radius 3 is 1.53 bits per heavy atom. The average molecular weight is 633 g/mol. The Hall–Kier alpha value is -5.09. The number of carbonyl (C=O) groups excluding carboxylic acids is 1. The summed E-state index contributed by atoms with van der Waals surface area (Å²) in [6.07, 6.45) is -0.106. The number of hydrogen-bond acceptors (Lipinski definition) is 5. The Labute approximate surface area is 273 Å². The molecule has 0 aromatic heterocycles. The molecule has 6 rings (SSSR count). The molecule has 47 heavy (non-hydrogen) atoms. The van der Waals surface area contributed by atoms with Gasteiger partial charge in [-0.25, -0.2) is 13.6 Å². The lowest BCUT2D eigenvalue weighted by molar-refractivity contribution is 0.00167. The van der Waals surface area contributed by atoms with E-state index in [0.29, 0.717) is 24.0 Å². The fraction of sp³-hybridized carbons (Fsp3) is 0.289. The van der Waals surface area contributed by atoms with Crippen LogP contribution in [0.15, 0.2) is 84.9 Å². The van der Waals surface area contributed by atoms with Crippen LogP contribution in [0.1, 0.15) is 44.5 Å². The van der Waals surface area contributed by atoms with Crippen molar-refractivity contribution in [2.75, 3.05) is 6.79 Å². The van der Waals surface area contributed by atoms with Gasteiger partial charge in [-0.3, -0.25) is 0 Å². The third-order valence-corrected chi connectivity index (χ3v) is 8.96. The number of amides is 2. The van der Waals surface area contributed by atoms with Crippen LogP contribution in [0, 0.1) is 48.1 Å². The molecule has 2 amide bonds. The molecule has 0 bridgehead atoms. The van der Waals surface area contributed by atoms with Crippen molar-refractivity contribution in [3.8, 4) is 12.1 Å². The molecule has 2 aliphatic heterocycles. The molecular weight excluding hydrogens is 598 g/mol. The molecule has 2 fully saturated rings. The highest BCUT2D eigenvalue weighted by atomic mass is 19.1. The Balaban J connectivity index is 1.48. The first-order valence-electron chi connectivity index (χ1n) is 15.5. The van der Waals surface area contributed by atoms with Crippen LogP contribution in [-0.4, -0.2) is 46.9 Å². The number of urea groups is 1.